The fraction of sp³-hybridized carbons (Fsp3) is 0.273. The second kappa shape index (κ2) is 10.9. The third-order valence-corrected chi connectivity index (χ3v) is 6.04. The molecule has 0 unspecified atom stereocenters. The average molecular weight is 614 g/mol. The van der Waals surface area contributed by atoms with Crippen molar-refractivity contribution >= 4 is 57.2 Å². The Balaban J connectivity index is 1.68. The first-order valence-electron chi connectivity index (χ1n) is 9.24. The number of benzene rings is 2. The summed E-state index contributed by atoms with van der Waals surface area (Å²) in [6.07, 6.45) is 3.60. The van der Waals surface area contributed by atoms with Crippen LogP contribution in [0.4, 0.5) is 0 Å². The van der Waals surface area contributed by atoms with Gasteiger partial charge < -0.3 is 14.8 Å². The summed E-state index contributed by atoms with van der Waals surface area (Å²) in [6.45, 7) is 1.65. The molecule has 1 fully saturated rings. The lowest BCUT2D eigenvalue weighted by atomic mass is 10.1. The Labute approximate surface area is 197 Å². The minimum atomic E-state index is -0.377. The standard InChI is InChI=1S/C22H20I2N2O3/c23-19-10-16(9-17(12-25)22(27)26-13-18-7-4-8-28-18)11-20(24)21(19)29-14-15-5-2-1-3-6-15/h1-3,5-6,9-11,18H,4,7-8,13-14H2,(H,26,27)/b17-9+/t18-/m1/s1. The number of rotatable bonds is 7. The first kappa shape index (κ1) is 22.1. The van der Waals surface area contributed by atoms with E-state index in [-0.39, 0.29) is 17.6 Å². The molecule has 7 heteroatoms. The Hall–Kier alpha value is -1.64. The SMILES string of the molecule is N#C/C(=C\c1cc(I)c(OCc2ccccc2)c(I)c1)C(=O)NC[C@H]1CCCO1. The molecule has 0 aromatic heterocycles. The van der Waals surface area contributed by atoms with E-state index in [4.69, 9.17) is 9.47 Å². The van der Waals surface area contributed by atoms with Gasteiger partial charge >= 0.3 is 0 Å². The summed E-state index contributed by atoms with van der Waals surface area (Å²) in [5.41, 5.74) is 1.96. The first-order valence-corrected chi connectivity index (χ1v) is 11.4. The van der Waals surface area contributed by atoms with Crippen LogP contribution in [0.25, 0.3) is 6.08 Å². The number of nitriles is 1. The lowest BCUT2D eigenvalue weighted by Gasteiger charge is -2.12. The van der Waals surface area contributed by atoms with Gasteiger partial charge in [0.2, 0.25) is 0 Å². The van der Waals surface area contributed by atoms with E-state index >= 15 is 0 Å². The third-order valence-electron chi connectivity index (χ3n) is 4.44. The van der Waals surface area contributed by atoms with Gasteiger partial charge in [0, 0.05) is 13.2 Å². The molecule has 0 radical (unpaired) electrons. The fourth-order valence-electron chi connectivity index (χ4n) is 2.95. The maximum absolute atomic E-state index is 12.3. The van der Waals surface area contributed by atoms with Crippen LogP contribution in [0.5, 0.6) is 5.75 Å². The van der Waals surface area contributed by atoms with Gasteiger partial charge in [-0.15, -0.1) is 0 Å². The highest BCUT2D eigenvalue weighted by Gasteiger charge is 2.18. The predicted octanol–water partition coefficient (Wildman–Crippen LogP) is 4.68. The number of nitrogens with one attached hydrogen (secondary N) is 1. The zero-order valence-electron chi connectivity index (χ0n) is 15.7. The summed E-state index contributed by atoms with van der Waals surface area (Å²) in [6, 6.07) is 15.8. The van der Waals surface area contributed by atoms with E-state index in [9.17, 15) is 10.1 Å². The van der Waals surface area contributed by atoms with Gasteiger partial charge in [0.05, 0.1) is 13.2 Å². The van der Waals surface area contributed by atoms with E-state index in [1.165, 1.54) is 0 Å². The minimum absolute atomic E-state index is 0.0434. The summed E-state index contributed by atoms with van der Waals surface area (Å²) in [5.74, 6) is 0.422. The number of amides is 1. The first-order chi connectivity index (χ1) is 14.1. The molecule has 1 aliphatic heterocycles. The van der Waals surface area contributed by atoms with Crippen LogP contribution in [-0.2, 0) is 16.1 Å². The van der Waals surface area contributed by atoms with Gasteiger partial charge in [0.15, 0.2) is 0 Å². The Kier molecular flexibility index (Phi) is 8.32. The molecule has 150 valence electrons. The van der Waals surface area contributed by atoms with E-state index in [0.717, 1.165) is 43.5 Å². The molecule has 1 atom stereocenters. The quantitative estimate of drug-likeness (QED) is 0.280. The van der Waals surface area contributed by atoms with E-state index in [1.54, 1.807) is 6.08 Å². The maximum atomic E-state index is 12.3. The highest BCUT2D eigenvalue weighted by Crippen LogP contribution is 2.30. The predicted molar refractivity (Wildman–Crippen MR) is 128 cm³/mol. The third kappa shape index (κ3) is 6.42. The number of halogens is 2. The Bertz CT molecular complexity index is 910. The van der Waals surface area contributed by atoms with Crippen LogP contribution < -0.4 is 10.1 Å². The van der Waals surface area contributed by atoms with Gasteiger partial charge in [0.25, 0.3) is 5.91 Å². The van der Waals surface area contributed by atoms with E-state index < -0.39 is 0 Å². The van der Waals surface area contributed by atoms with Crippen molar-refractivity contribution in [1.82, 2.24) is 5.32 Å². The van der Waals surface area contributed by atoms with Crippen molar-refractivity contribution < 1.29 is 14.3 Å². The summed E-state index contributed by atoms with van der Waals surface area (Å²) in [5, 5.41) is 12.2. The van der Waals surface area contributed by atoms with Crippen molar-refractivity contribution in [3.8, 4) is 11.8 Å². The van der Waals surface area contributed by atoms with Crippen molar-refractivity contribution in [3.63, 3.8) is 0 Å². The van der Waals surface area contributed by atoms with Gasteiger partial charge in [-0.1, -0.05) is 30.3 Å². The van der Waals surface area contributed by atoms with Crippen LogP contribution in [0.2, 0.25) is 0 Å². The number of ether oxygens (including phenoxy) is 2. The fourth-order valence-corrected chi connectivity index (χ4v) is 5.08. The van der Waals surface area contributed by atoms with Crippen LogP contribution >= 0.6 is 45.2 Å². The molecule has 5 nitrogen and oxygen atoms in total. The van der Waals surface area contributed by atoms with Crippen molar-refractivity contribution in [3.05, 3.63) is 66.3 Å². The molecule has 0 bridgehead atoms. The molecule has 2 aromatic carbocycles. The zero-order chi connectivity index (χ0) is 20.6. The number of nitrogens with zero attached hydrogens (tertiary/aromatic N) is 1. The second-order valence-electron chi connectivity index (χ2n) is 6.60. The molecule has 1 amide bonds. The maximum Gasteiger partial charge on any atom is 0.262 e. The lowest BCUT2D eigenvalue weighted by molar-refractivity contribution is -0.117. The van der Waals surface area contributed by atoms with Crippen molar-refractivity contribution in [2.45, 2.75) is 25.6 Å². The van der Waals surface area contributed by atoms with Crippen LogP contribution in [0, 0.1) is 18.5 Å². The van der Waals surface area contributed by atoms with Gasteiger partial charge in [-0.25, -0.2) is 0 Å². The Morgan fingerprint density at radius 1 is 1.28 bits per heavy atom. The topological polar surface area (TPSA) is 71.3 Å². The number of hydrogen-bond acceptors (Lipinski definition) is 4. The van der Waals surface area contributed by atoms with Crippen LogP contribution in [0.15, 0.2) is 48.0 Å². The molecule has 0 spiro atoms. The highest BCUT2D eigenvalue weighted by atomic mass is 127. The van der Waals surface area contributed by atoms with E-state index in [2.05, 4.69) is 50.5 Å². The molecule has 0 aliphatic carbocycles. The smallest absolute Gasteiger partial charge is 0.262 e. The summed E-state index contributed by atoms with van der Waals surface area (Å²) in [7, 11) is 0. The minimum Gasteiger partial charge on any atom is -0.487 e. The zero-order valence-corrected chi connectivity index (χ0v) is 20.0. The van der Waals surface area contributed by atoms with Gasteiger partial charge in [-0.05, 0) is 87.4 Å². The molecular formula is C22H20I2N2O3. The molecule has 1 heterocycles. The molecule has 3 rings (SSSR count). The normalized spacial score (nSPS) is 16.3. The summed E-state index contributed by atoms with van der Waals surface area (Å²) in [4.78, 5) is 12.3. The van der Waals surface area contributed by atoms with Gasteiger partial charge in [0.1, 0.15) is 24.0 Å². The number of hydrogen-bond donors (Lipinski definition) is 1. The monoisotopic (exact) mass is 614 g/mol. The molecule has 1 aliphatic rings. The second-order valence-corrected chi connectivity index (χ2v) is 8.93. The van der Waals surface area contributed by atoms with Crippen LogP contribution in [0.3, 0.4) is 0 Å². The van der Waals surface area contributed by atoms with Gasteiger partial charge in [-0.3, -0.25) is 4.79 Å². The number of carbonyl (C=O) groups excluding carboxylic acids is 1. The van der Waals surface area contributed by atoms with E-state index in [0.29, 0.717) is 13.2 Å². The van der Waals surface area contributed by atoms with Crippen LogP contribution in [-0.4, -0.2) is 25.2 Å². The van der Waals surface area contributed by atoms with Crippen LogP contribution in [0.1, 0.15) is 24.0 Å². The Morgan fingerprint density at radius 2 is 2.00 bits per heavy atom. The summed E-state index contributed by atoms with van der Waals surface area (Å²) < 4.78 is 13.3. The molecule has 2 aromatic rings. The molecular weight excluding hydrogens is 594 g/mol. The Morgan fingerprint density at radius 3 is 2.62 bits per heavy atom. The van der Waals surface area contributed by atoms with Gasteiger partial charge in [-0.2, -0.15) is 5.26 Å². The molecule has 29 heavy (non-hydrogen) atoms. The van der Waals surface area contributed by atoms with Crippen molar-refractivity contribution in [2.24, 2.45) is 0 Å². The number of carbonyl (C=O) groups is 1. The van der Waals surface area contributed by atoms with E-state index in [1.807, 2.05) is 48.5 Å². The van der Waals surface area contributed by atoms with Crippen molar-refractivity contribution in [1.29, 1.82) is 5.26 Å². The lowest BCUT2D eigenvalue weighted by Crippen LogP contribution is -2.32. The molecule has 0 saturated carbocycles. The average Bonchev–Trinajstić information content (AvgIpc) is 3.24. The molecule has 1 saturated heterocycles. The highest BCUT2D eigenvalue weighted by molar-refractivity contribution is 14.1. The summed E-state index contributed by atoms with van der Waals surface area (Å²) >= 11 is 4.43. The van der Waals surface area contributed by atoms with Crippen molar-refractivity contribution in [2.75, 3.05) is 13.2 Å². The molecule has 1 N–H and O–H groups in total. The largest absolute Gasteiger partial charge is 0.487 e.